The highest BCUT2D eigenvalue weighted by Gasteiger charge is 2.25. The van der Waals surface area contributed by atoms with Crippen molar-refractivity contribution in [3.8, 4) is 0 Å². The number of hydrogen-bond acceptors (Lipinski definition) is 3. The van der Waals surface area contributed by atoms with Gasteiger partial charge in [-0.25, -0.2) is 0 Å². The Kier molecular flexibility index (Phi) is 6.19. The molecule has 0 heterocycles. The fourth-order valence-electron chi connectivity index (χ4n) is 1.48. The largest absolute Gasteiger partial charge is 0.375 e. The maximum atomic E-state index is 11.1. The van der Waals surface area contributed by atoms with Gasteiger partial charge >= 0.3 is 0 Å². The highest BCUT2D eigenvalue weighted by molar-refractivity contribution is 5.76. The molecule has 16 heavy (non-hydrogen) atoms. The smallest absolute Gasteiger partial charge is 0.132 e. The van der Waals surface area contributed by atoms with Gasteiger partial charge in [-0.15, -0.1) is 0 Å². The van der Waals surface area contributed by atoms with Crippen molar-refractivity contribution in [3.63, 3.8) is 0 Å². The molecule has 0 aliphatic rings. The fourth-order valence-corrected chi connectivity index (χ4v) is 1.48. The molecule has 1 N–H and O–H groups in total. The summed E-state index contributed by atoms with van der Waals surface area (Å²) in [5, 5.41) is 3.24. The Balaban J connectivity index is 4.10. The number of carbonyl (C=O) groups excluding carboxylic acids is 1. The molecule has 0 rings (SSSR count). The summed E-state index contributed by atoms with van der Waals surface area (Å²) in [5.41, 5.74) is -0.208. The SMILES string of the molecule is CCC(C)(CC(C)=O)OCCC(C)(C)NC. The summed E-state index contributed by atoms with van der Waals surface area (Å²) in [4.78, 5) is 11.1. The molecule has 0 saturated carbocycles. The number of Topliss-reactive ketones (excluding diaryl/α,β-unsaturated/α-hetero) is 1. The lowest BCUT2D eigenvalue weighted by molar-refractivity contribution is -0.125. The summed E-state index contributed by atoms with van der Waals surface area (Å²) in [6.07, 6.45) is 2.31. The van der Waals surface area contributed by atoms with Crippen LogP contribution in [0.2, 0.25) is 0 Å². The molecule has 0 saturated heterocycles. The van der Waals surface area contributed by atoms with Gasteiger partial charge in [-0.1, -0.05) is 6.92 Å². The van der Waals surface area contributed by atoms with Crippen molar-refractivity contribution in [1.29, 1.82) is 0 Å². The van der Waals surface area contributed by atoms with E-state index in [1.807, 2.05) is 14.0 Å². The van der Waals surface area contributed by atoms with Gasteiger partial charge in [0.05, 0.1) is 5.60 Å². The van der Waals surface area contributed by atoms with Gasteiger partial charge in [0.2, 0.25) is 0 Å². The predicted octanol–water partition coefficient (Wildman–Crippen LogP) is 2.54. The van der Waals surface area contributed by atoms with Crippen LogP contribution in [-0.4, -0.2) is 30.6 Å². The summed E-state index contributed by atoms with van der Waals surface area (Å²) in [6.45, 7) is 10.7. The predicted molar refractivity (Wildman–Crippen MR) is 67.7 cm³/mol. The number of ketones is 1. The molecule has 1 atom stereocenters. The molecule has 0 aliphatic heterocycles. The summed E-state index contributed by atoms with van der Waals surface area (Å²) in [7, 11) is 1.95. The molecule has 0 aromatic rings. The lowest BCUT2D eigenvalue weighted by Crippen LogP contribution is -2.39. The number of carbonyl (C=O) groups is 1. The molecule has 0 spiro atoms. The third-order valence-electron chi connectivity index (χ3n) is 3.23. The quantitative estimate of drug-likeness (QED) is 0.695. The monoisotopic (exact) mass is 229 g/mol. The maximum Gasteiger partial charge on any atom is 0.132 e. The minimum atomic E-state index is -0.296. The number of hydrogen-bond donors (Lipinski definition) is 1. The Hall–Kier alpha value is -0.410. The summed E-state index contributed by atoms with van der Waals surface area (Å²) < 4.78 is 5.87. The van der Waals surface area contributed by atoms with Crippen molar-refractivity contribution < 1.29 is 9.53 Å². The van der Waals surface area contributed by atoms with Crippen LogP contribution in [-0.2, 0) is 9.53 Å². The highest BCUT2D eigenvalue weighted by atomic mass is 16.5. The average molecular weight is 229 g/mol. The topological polar surface area (TPSA) is 38.3 Å². The van der Waals surface area contributed by atoms with Crippen LogP contribution in [0.3, 0.4) is 0 Å². The minimum absolute atomic E-state index is 0.0882. The van der Waals surface area contributed by atoms with E-state index >= 15 is 0 Å². The maximum absolute atomic E-state index is 11.1. The van der Waals surface area contributed by atoms with Crippen LogP contribution in [0.15, 0.2) is 0 Å². The molecule has 0 aliphatic carbocycles. The van der Waals surface area contributed by atoms with Gasteiger partial charge in [0, 0.05) is 18.6 Å². The van der Waals surface area contributed by atoms with E-state index in [1.165, 1.54) is 0 Å². The van der Waals surface area contributed by atoms with Gasteiger partial charge in [0.1, 0.15) is 5.78 Å². The molecule has 0 bridgehead atoms. The van der Waals surface area contributed by atoms with E-state index in [0.29, 0.717) is 13.0 Å². The number of rotatable bonds is 8. The Morgan fingerprint density at radius 3 is 2.25 bits per heavy atom. The average Bonchev–Trinajstić information content (AvgIpc) is 2.16. The third-order valence-corrected chi connectivity index (χ3v) is 3.23. The number of nitrogens with one attached hydrogen (secondary N) is 1. The van der Waals surface area contributed by atoms with Crippen LogP contribution >= 0.6 is 0 Å². The minimum Gasteiger partial charge on any atom is -0.375 e. The van der Waals surface area contributed by atoms with E-state index in [4.69, 9.17) is 4.74 Å². The van der Waals surface area contributed by atoms with Crippen LogP contribution in [0.1, 0.15) is 53.9 Å². The van der Waals surface area contributed by atoms with Gasteiger partial charge in [-0.3, -0.25) is 4.79 Å². The standard InChI is InChI=1S/C13H27NO2/c1-7-13(5,10-11(2)15)16-9-8-12(3,4)14-6/h14H,7-10H2,1-6H3. The zero-order chi connectivity index (χ0) is 12.8. The van der Waals surface area contributed by atoms with Crippen LogP contribution in [0, 0.1) is 0 Å². The normalized spacial score (nSPS) is 15.9. The molecule has 0 aromatic heterocycles. The van der Waals surface area contributed by atoms with Gasteiger partial charge < -0.3 is 10.1 Å². The first-order valence-corrected chi connectivity index (χ1v) is 6.07. The Bertz CT molecular complexity index is 226. The fraction of sp³-hybridized carbons (Fsp3) is 0.923. The third kappa shape index (κ3) is 6.23. The van der Waals surface area contributed by atoms with Crippen LogP contribution in [0.4, 0.5) is 0 Å². The molecule has 3 heteroatoms. The zero-order valence-electron chi connectivity index (χ0n) is 11.6. The second-order valence-corrected chi connectivity index (χ2v) is 5.41. The Morgan fingerprint density at radius 1 is 1.31 bits per heavy atom. The first kappa shape index (κ1) is 15.6. The Morgan fingerprint density at radius 2 is 1.88 bits per heavy atom. The van der Waals surface area contributed by atoms with E-state index in [1.54, 1.807) is 6.92 Å². The van der Waals surface area contributed by atoms with Gasteiger partial charge in [-0.05, 0) is 47.6 Å². The Labute approximate surface area is 99.9 Å². The van der Waals surface area contributed by atoms with Gasteiger partial charge in [0.25, 0.3) is 0 Å². The first-order valence-electron chi connectivity index (χ1n) is 6.07. The second kappa shape index (κ2) is 6.36. The molecule has 3 nitrogen and oxygen atoms in total. The van der Waals surface area contributed by atoms with Crippen molar-refractivity contribution in [2.24, 2.45) is 0 Å². The zero-order valence-corrected chi connectivity index (χ0v) is 11.6. The van der Waals surface area contributed by atoms with Crippen LogP contribution in [0.25, 0.3) is 0 Å². The van der Waals surface area contributed by atoms with Gasteiger partial charge in [-0.2, -0.15) is 0 Å². The lowest BCUT2D eigenvalue weighted by atomic mass is 9.96. The van der Waals surface area contributed by atoms with E-state index in [2.05, 4.69) is 26.1 Å². The van der Waals surface area contributed by atoms with E-state index < -0.39 is 0 Å². The highest BCUT2D eigenvalue weighted by Crippen LogP contribution is 2.21. The van der Waals surface area contributed by atoms with Gasteiger partial charge in [0.15, 0.2) is 0 Å². The first-order chi connectivity index (χ1) is 7.24. The molecular formula is C13H27NO2. The molecule has 0 fully saturated rings. The summed E-state index contributed by atoms with van der Waals surface area (Å²) in [5.74, 6) is 0.192. The summed E-state index contributed by atoms with van der Waals surface area (Å²) in [6, 6.07) is 0. The molecule has 1 unspecified atom stereocenters. The van der Waals surface area contributed by atoms with E-state index in [0.717, 1.165) is 12.8 Å². The molecular weight excluding hydrogens is 202 g/mol. The van der Waals surface area contributed by atoms with Crippen LogP contribution < -0.4 is 5.32 Å². The van der Waals surface area contributed by atoms with Crippen molar-refractivity contribution in [1.82, 2.24) is 5.32 Å². The molecule has 0 aromatic carbocycles. The van der Waals surface area contributed by atoms with Crippen LogP contribution in [0.5, 0.6) is 0 Å². The van der Waals surface area contributed by atoms with Crippen molar-refractivity contribution >= 4 is 5.78 Å². The lowest BCUT2D eigenvalue weighted by Gasteiger charge is -2.30. The number of ether oxygens (including phenoxy) is 1. The van der Waals surface area contributed by atoms with Crippen molar-refractivity contribution in [2.45, 2.75) is 65.0 Å². The molecule has 0 radical (unpaired) electrons. The molecule has 96 valence electrons. The van der Waals surface area contributed by atoms with E-state index in [9.17, 15) is 4.79 Å². The molecule has 0 amide bonds. The second-order valence-electron chi connectivity index (χ2n) is 5.41. The van der Waals surface area contributed by atoms with E-state index in [-0.39, 0.29) is 16.9 Å². The summed E-state index contributed by atoms with van der Waals surface area (Å²) >= 11 is 0. The van der Waals surface area contributed by atoms with Crippen molar-refractivity contribution in [2.75, 3.05) is 13.7 Å². The van der Waals surface area contributed by atoms with Crippen molar-refractivity contribution in [3.05, 3.63) is 0 Å².